The minimum Gasteiger partial charge on any atom is -0.481 e. The lowest BCUT2D eigenvalue weighted by molar-refractivity contribution is -0.144. The van der Waals surface area contributed by atoms with Crippen LogP contribution in [0.3, 0.4) is 0 Å². The van der Waals surface area contributed by atoms with Crippen LogP contribution in [-0.2, 0) is 9.59 Å². The van der Waals surface area contributed by atoms with E-state index in [4.69, 9.17) is 5.11 Å². The normalized spacial score (nSPS) is 21.7. The van der Waals surface area contributed by atoms with Gasteiger partial charge in [-0.1, -0.05) is 43.7 Å². The number of amides is 1. The maximum atomic E-state index is 12.6. The number of ketones is 1. The third-order valence-corrected chi connectivity index (χ3v) is 4.72. The molecule has 0 radical (unpaired) electrons. The molecule has 1 aliphatic rings. The predicted molar refractivity (Wildman–Crippen MR) is 90.7 cm³/mol. The van der Waals surface area contributed by atoms with E-state index in [1.165, 1.54) is 0 Å². The molecule has 1 fully saturated rings. The molecule has 0 bridgehead atoms. The van der Waals surface area contributed by atoms with E-state index in [1.807, 2.05) is 25.1 Å². The third-order valence-electron chi connectivity index (χ3n) is 4.72. The minimum atomic E-state index is -0.781. The molecule has 0 saturated heterocycles. The zero-order chi connectivity index (χ0) is 17.5. The molecular weight excluding hydrogens is 306 g/mol. The lowest BCUT2D eigenvalue weighted by atomic mass is 9.81. The SMILES string of the molecule is CCCC(NC(=O)C1CCC(C(=O)O)CC1)C(=O)c1ccccc1. The van der Waals surface area contributed by atoms with Crippen molar-refractivity contribution in [1.29, 1.82) is 0 Å². The highest BCUT2D eigenvalue weighted by molar-refractivity contribution is 6.02. The Kier molecular flexibility index (Phi) is 6.53. The maximum Gasteiger partial charge on any atom is 0.306 e. The smallest absolute Gasteiger partial charge is 0.306 e. The average Bonchev–Trinajstić information content (AvgIpc) is 2.61. The number of Topliss-reactive ketones (excluding diaryl/α,β-unsaturated/α-hetero) is 1. The number of hydrogen-bond acceptors (Lipinski definition) is 3. The standard InChI is InChI=1S/C19H25NO4/c1-2-6-16(17(21)13-7-4-3-5-8-13)20-18(22)14-9-11-15(12-10-14)19(23)24/h3-5,7-8,14-16H,2,6,9-12H2,1H3,(H,20,22)(H,23,24). The Morgan fingerprint density at radius 1 is 1.08 bits per heavy atom. The van der Waals surface area contributed by atoms with Crippen LogP contribution >= 0.6 is 0 Å². The Morgan fingerprint density at radius 3 is 2.21 bits per heavy atom. The van der Waals surface area contributed by atoms with Gasteiger partial charge in [0.1, 0.15) is 0 Å². The summed E-state index contributed by atoms with van der Waals surface area (Å²) in [6, 6.07) is 8.48. The van der Waals surface area contributed by atoms with E-state index >= 15 is 0 Å². The van der Waals surface area contributed by atoms with Crippen molar-refractivity contribution in [2.75, 3.05) is 0 Å². The second-order valence-corrected chi connectivity index (χ2v) is 6.47. The van der Waals surface area contributed by atoms with Crippen molar-refractivity contribution in [3.8, 4) is 0 Å². The van der Waals surface area contributed by atoms with E-state index in [0.29, 0.717) is 37.7 Å². The third kappa shape index (κ3) is 4.66. The molecule has 0 spiro atoms. The summed E-state index contributed by atoms with van der Waals surface area (Å²) in [5.41, 5.74) is 0.603. The van der Waals surface area contributed by atoms with Crippen molar-refractivity contribution in [2.24, 2.45) is 11.8 Å². The fraction of sp³-hybridized carbons (Fsp3) is 0.526. The Balaban J connectivity index is 1.96. The quantitative estimate of drug-likeness (QED) is 0.752. The second-order valence-electron chi connectivity index (χ2n) is 6.47. The summed E-state index contributed by atoms with van der Waals surface area (Å²) in [7, 11) is 0. The summed E-state index contributed by atoms with van der Waals surface area (Å²) >= 11 is 0. The molecule has 1 saturated carbocycles. The van der Waals surface area contributed by atoms with Crippen molar-refractivity contribution in [3.05, 3.63) is 35.9 Å². The van der Waals surface area contributed by atoms with Gasteiger partial charge in [-0.25, -0.2) is 0 Å². The molecule has 2 N–H and O–H groups in total. The summed E-state index contributed by atoms with van der Waals surface area (Å²) in [6.45, 7) is 1.98. The molecule has 1 aromatic carbocycles. The minimum absolute atomic E-state index is 0.0648. The topological polar surface area (TPSA) is 83.5 Å². The largest absolute Gasteiger partial charge is 0.481 e. The van der Waals surface area contributed by atoms with E-state index in [-0.39, 0.29) is 23.5 Å². The Labute approximate surface area is 142 Å². The van der Waals surface area contributed by atoms with Gasteiger partial charge >= 0.3 is 5.97 Å². The highest BCUT2D eigenvalue weighted by Crippen LogP contribution is 2.29. The Bertz CT molecular complexity index is 576. The van der Waals surface area contributed by atoms with Crippen LogP contribution < -0.4 is 5.32 Å². The number of rotatable bonds is 7. The van der Waals surface area contributed by atoms with Crippen LogP contribution in [-0.4, -0.2) is 28.8 Å². The highest BCUT2D eigenvalue weighted by atomic mass is 16.4. The van der Waals surface area contributed by atoms with E-state index < -0.39 is 12.0 Å². The fourth-order valence-corrected chi connectivity index (χ4v) is 3.25. The van der Waals surface area contributed by atoms with Crippen LogP contribution in [0, 0.1) is 11.8 Å². The molecule has 1 unspecified atom stereocenters. The van der Waals surface area contributed by atoms with Gasteiger partial charge < -0.3 is 10.4 Å². The first kappa shape index (κ1) is 18.2. The molecule has 5 nitrogen and oxygen atoms in total. The van der Waals surface area contributed by atoms with Crippen molar-refractivity contribution in [3.63, 3.8) is 0 Å². The number of carbonyl (C=O) groups excluding carboxylic acids is 2. The molecule has 1 aromatic rings. The zero-order valence-electron chi connectivity index (χ0n) is 14.0. The Morgan fingerprint density at radius 2 is 1.67 bits per heavy atom. The molecule has 1 amide bonds. The second kappa shape index (κ2) is 8.62. The number of carboxylic acid groups (broad SMARTS) is 1. The summed E-state index contributed by atoms with van der Waals surface area (Å²) in [4.78, 5) is 36.1. The van der Waals surface area contributed by atoms with Crippen LogP contribution in [0.4, 0.5) is 0 Å². The lowest BCUT2D eigenvalue weighted by Gasteiger charge is -2.27. The van der Waals surface area contributed by atoms with Gasteiger partial charge in [0.25, 0.3) is 0 Å². The molecule has 0 heterocycles. The molecule has 130 valence electrons. The van der Waals surface area contributed by atoms with Gasteiger partial charge in [-0.2, -0.15) is 0 Å². The molecule has 1 atom stereocenters. The fourth-order valence-electron chi connectivity index (χ4n) is 3.25. The number of carbonyl (C=O) groups is 3. The zero-order valence-corrected chi connectivity index (χ0v) is 14.0. The monoisotopic (exact) mass is 331 g/mol. The molecule has 1 aliphatic carbocycles. The van der Waals surface area contributed by atoms with Gasteiger partial charge in [0.2, 0.25) is 5.91 Å². The first-order chi connectivity index (χ1) is 11.5. The van der Waals surface area contributed by atoms with Crippen LogP contribution in [0.2, 0.25) is 0 Å². The molecule has 0 aromatic heterocycles. The first-order valence-electron chi connectivity index (χ1n) is 8.65. The highest BCUT2D eigenvalue weighted by Gasteiger charge is 2.31. The van der Waals surface area contributed by atoms with E-state index in [1.54, 1.807) is 12.1 Å². The summed E-state index contributed by atoms with van der Waals surface area (Å²) in [5.74, 6) is -1.50. The number of aliphatic carboxylic acids is 1. The van der Waals surface area contributed by atoms with Crippen LogP contribution in [0.15, 0.2) is 30.3 Å². The average molecular weight is 331 g/mol. The van der Waals surface area contributed by atoms with Gasteiger partial charge in [-0.15, -0.1) is 0 Å². The number of hydrogen-bond donors (Lipinski definition) is 2. The number of nitrogens with one attached hydrogen (secondary N) is 1. The van der Waals surface area contributed by atoms with E-state index in [9.17, 15) is 14.4 Å². The van der Waals surface area contributed by atoms with Crippen molar-refractivity contribution in [1.82, 2.24) is 5.32 Å². The maximum absolute atomic E-state index is 12.6. The van der Waals surface area contributed by atoms with Crippen LogP contribution in [0.1, 0.15) is 55.8 Å². The molecule has 2 rings (SSSR count). The summed E-state index contributed by atoms with van der Waals surface area (Å²) in [5, 5.41) is 11.9. The van der Waals surface area contributed by atoms with E-state index in [0.717, 1.165) is 6.42 Å². The molecule has 5 heteroatoms. The number of benzene rings is 1. The summed E-state index contributed by atoms with van der Waals surface area (Å²) < 4.78 is 0. The first-order valence-corrected chi connectivity index (χ1v) is 8.65. The van der Waals surface area contributed by atoms with Gasteiger partial charge in [0.05, 0.1) is 12.0 Å². The van der Waals surface area contributed by atoms with Gasteiger partial charge in [-0.3, -0.25) is 14.4 Å². The van der Waals surface area contributed by atoms with Gasteiger partial charge in [0.15, 0.2) is 5.78 Å². The Hall–Kier alpha value is -2.17. The predicted octanol–water partition coefficient (Wildman–Crippen LogP) is 3.05. The number of carboxylic acids is 1. The van der Waals surface area contributed by atoms with Gasteiger partial charge in [-0.05, 0) is 32.1 Å². The van der Waals surface area contributed by atoms with Gasteiger partial charge in [0, 0.05) is 11.5 Å². The molecule has 24 heavy (non-hydrogen) atoms. The lowest BCUT2D eigenvalue weighted by Crippen LogP contribution is -2.44. The van der Waals surface area contributed by atoms with Crippen molar-refractivity contribution < 1.29 is 19.5 Å². The van der Waals surface area contributed by atoms with Crippen molar-refractivity contribution in [2.45, 2.75) is 51.5 Å². The molecule has 0 aliphatic heterocycles. The summed E-state index contributed by atoms with van der Waals surface area (Å²) in [6.07, 6.45) is 3.60. The van der Waals surface area contributed by atoms with Crippen LogP contribution in [0.25, 0.3) is 0 Å². The van der Waals surface area contributed by atoms with E-state index in [2.05, 4.69) is 5.32 Å². The van der Waals surface area contributed by atoms with Crippen molar-refractivity contribution >= 4 is 17.7 Å². The van der Waals surface area contributed by atoms with Crippen LogP contribution in [0.5, 0.6) is 0 Å². The molecular formula is C19H25NO4.